The molecule has 1 fully saturated rings. The summed E-state index contributed by atoms with van der Waals surface area (Å²) in [6.07, 6.45) is 1.52. The Balaban J connectivity index is 1.70. The first-order valence-corrected chi connectivity index (χ1v) is 6.99. The molecule has 21 heavy (non-hydrogen) atoms. The lowest BCUT2D eigenvalue weighted by Gasteiger charge is -2.17. The van der Waals surface area contributed by atoms with Crippen LogP contribution in [-0.2, 0) is 9.47 Å². The van der Waals surface area contributed by atoms with Gasteiger partial charge in [-0.3, -0.25) is 9.78 Å². The van der Waals surface area contributed by atoms with E-state index in [1.165, 1.54) is 0 Å². The van der Waals surface area contributed by atoms with E-state index in [1.54, 1.807) is 6.20 Å². The summed E-state index contributed by atoms with van der Waals surface area (Å²) < 4.78 is 11.1. The zero-order valence-corrected chi connectivity index (χ0v) is 12.1. The van der Waals surface area contributed by atoms with Gasteiger partial charge in [-0.1, -0.05) is 24.3 Å². The summed E-state index contributed by atoms with van der Waals surface area (Å²) in [5.74, 6) is -0.771. The Bertz CT molecular complexity index is 664. The van der Waals surface area contributed by atoms with Crippen LogP contribution in [0.3, 0.4) is 0 Å². The number of aromatic nitrogens is 1. The molecule has 0 spiro atoms. The number of carbonyl (C=O) groups excluding carboxylic acids is 1. The van der Waals surface area contributed by atoms with Crippen molar-refractivity contribution >= 4 is 16.7 Å². The van der Waals surface area contributed by atoms with E-state index in [1.807, 2.05) is 44.2 Å². The van der Waals surface area contributed by atoms with Crippen LogP contribution >= 0.6 is 0 Å². The van der Waals surface area contributed by atoms with Crippen LogP contribution in [0, 0.1) is 0 Å². The van der Waals surface area contributed by atoms with Gasteiger partial charge in [-0.15, -0.1) is 0 Å². The second kappa shape index (κ2) is 5.42. The molecule has 1 atom stereocenters. The molecule has 5 heteroatoms. The van der Waals surface area contributed by atoms with Crippen molar-refractivity contribution in [1.29, 1.82) is 0 Å². The fraction of sp³-hybridized carbons (Fsp3) is 0.375. The number of pyridine rings is 1. The minimum Gasteiger partial charge on any atom is -0.348 e. The fourth-order valence-electron chi connectivity index (χ4n) is 2.45. The maximum absolute atomic E-state index is 12.3. The van der Waals surface area contributed by atoms with Crippen LogP contribution in [0.25, 0.3) is 10.8 Å². The lowest BCUT2D eigenvalue weighted by molar-refractivity contribution is -0.137. The number of nitrogens with one attached hydrogen (secondary N) is 1. The zero-order valence-electron chi connectivity index (χ0n) is 12.1. The first-order chi connectivity index (χ1) is 10.1. The number of rotatable bonds is 3. The normalized spacial score (nSPS) is 20.6. The summed E-state index contributed by atoms with van der Waals surface area (Å²) >= 11 is 0. The summed E-state index contributed by atoms with van der Waals surface area (Å²) in [5, 5.41) is 4.71. The fourth-order valence-corrected chi connectivity index (χ4v) is 2.45. The largest absolute Gasteiger partial charge is 0.348 e. The molecule has 0 aliphatic carbocycles. The second-order valence-electron chi connectivity index (χ2n) is 5.54. The molecule has 1 unspecified atom stereocenters. The van der Waals surface area contributed by atoms with Crippen molar-refractivity contribution in [3.05, 3.63) is 42.2 Å². The molecule has 1 aliphatic heterocycles. The van der Waals surface area contributed by atoms with Gasteiger partial charge in [-0.05, 0) is 25.3 Å². The van der Waals surface area contributed by atoms with Gasteiger partial charge in [0.05, 0.1) is 6.61 Å². The Morgan fingerprint density at radius 1 is 1.38 bits per heavy atom. The number of amides is 1. The predicted molar refractivity (Wildman–Crippen MR) is 79.0 cm³/mol. The lowest BCUT2D eigenvalue weighted by Crippen LogP contribution is -2.34. The number of hydrogen-bond donors (Lipinski definition) is 1. The summed E-state index contributed by atoms with van der Waals surface area (Å²) in [6, 6.07) is 9.59. The van der Waals surface area contributed by atoms with Gasteiger partial charge in [0.15, 0.2) is 5.79 Å². The molecule has 1 saturated heterocycles. The summed E-state index contributed by atoms with van der Waals surface area (Å²) in [7, 11) is 0. The molecule has 0 bridgehead atoms. The lowest BCUT2D eigenvalue weighted by atomic mass is 10.1. The van der Waals surface area contributed by atoms with Crippen molar-refractivity contribution in [2.75, 3.05) is 13.2 Å². The van der Waals surface area contributed by atoms with Crippen molar-refractivity contribution < 1.29 is 14.3 Å². The molecule has 1 amide bonds. The van der Waals surface area contributed by atoms with Gasteiger partial charge in [0.2, 0.25) is 0 Å². The van der Waals surface area contributed by atoms with Crippen LogP contribution in [0.2, 0.25) is 0 Å². The first kappa shape index (κ1) is 14.0. The molecule has 1 aliphatic rings. The van der Waals surface area contributed by atoms with Gasteiger partial charge >= 0.3 is 0 Å². The highest BCUT2D eigenvalue weighted by Crippen LogP contribution is 2.22. The summed E-state index contributed by atoms with van der Waals surface area (Å²) in [5.41, 5.74) is 0.436. The number of carbonyl (C=O) groups is 1. The van der Waals surface area contributed by atoms with Crippen molar-refractivity contribution in [2.24, 2.45) is 0 Å². The van der Waals surface area contributed by atoms with E-state index in [9.17, 15) is 4.79 Å². The van der Waals surface area contributed by atoms with Crippen molar-refractivity contribution in [2.45, 2.75) is 25.7 Å². The van der Waals surface area contributed by atoms with Crippen LogP contribution < -0.4 is 5.32 Å². The molecule has 5 nitrogen and oxygen atoms in total. The van der Waals surface area contributed by atoms with Gasteiger partial charge in [-0.25, -0.2) is 0 Å². The molecular formula is C16H18N2O3. The highest BCUT2D eigenvalue weighted by Gasteiger charge is 2.32. The van der Waals surface area contributed by atoms with E-state index >= 15 is 0 Å². The first-order valence-electron chi connectivity index (χ1n) is 6.99. The van der Waals surface area contributed by atoms with Gasteiger partial charge < -0.3 is 14.8 Å². The molecule has 1 N–H and O–H groups in total. The van der Waals surface area contributed by atoms with Gasteiger partial charge in [-0.2, -0.15) is 0 Å². The Morgan fingerprint density at radius 3 is 2.95 bits per heavy atom. The summed E-state index contributed by atoms with van der Waals surface area (Å²) in [4.78, 5) is 16.5. The van der Waals surface area contributed by atoms with E-state index in [2.05, 4.69) is 10.3 Å². The standard InChI is InChI=1S/C16H18N2O3/c1-16(2)20-10-12(21-16)9-18-15(19)14-13-6-4-3-5-11(13)7-8-17-14/h3-8,12H,9-10H2,1-2H3,(H,18,19). The number of fused-ring (bicyclic) bond motifs is 1. The smallest absolute Gasteiger partial charge is 0.270 e. The molecule has 1 aromatic heterocycles. The van der Waals surface area contributed by atoms with Crippen LogP contribution in [0.1, 0.15) is 24.3 Å². The van der Waals surface area contributed by atoms with Crippen molar-refractivity contribution in [3.8, 4) is 0 Å². The third kappa shape index (κ3) is 3.04. The zero-order chi connectivity index (χ0) is 14.9. The maximum atomic E-state index is 12.3. The maximum Gasteiger partial charge on any atom is 0.270 e. The number of benzene rings is 1. The predicted octanol–water partition coefficient (Wildman–Crippen LogP) is 2.12. The number of hydrogen-bond acceptors (Lipinski definition) is 4. The third-order valence-electron chi connectivity index (χ3n) is 3.45. The van der Waals surface area contributed by atoms with E-state index in [0.29, 0.717) is 18.8 Å². The van der Waals surface area contributed by atoms with Crippen molar-refractivity contribution in [1.82, 2.24) is 10.3 Å². The second-order valence-corrected chi connectivity index (χ2v) is 5.54. The number of nitrogens with zero attached hydrogens (tertiary/aromatic N) is 1. The van der Waals surface area contributed by atoms with E-state index in [-0.39, 0.29) is 12.0 Å². The average Bonchev–Trinajstić information content (AvgIpc) is 2.83. The molecule has 2 heterocycles. The highest BCUT2D eigenvalue weighted by atomic mass is 16.7. The van der Waals surface area contributed by atoms with Crippen LogP contribution in [0.15, 0.2) is 36.5 Å². The topological polar surface area (TPSA) is 60.5 Å². The van der Waals surface area contributed by atoms with Crippen LogP contribution in [0.4, 0.5) is 0 Å². The number of ether oxygens (including phenoxy) is 2. The minimum absolute atomic E-state index is 0.126. The SMILES string of the molecule is CC1(C)OCC(CNC(=O)c2nccc3ccccc23)O1. The van der Waals surface area contributed by atoms with E-state index < -0.39 is 5.79 Å². The van der Waals surface area contributed by atoms with E-state index in [4.69, 9.17) is 9.47 Å². The average molecular weight is 286 g/mol. The molecule has 3 rings (SSSR count). The van der Waals surface area contributed by atoms with Crippen LogP contribution in [-0.4, -0.2) is 35.9 Å². The monoisotopic (exact) mass is 286 g/mol. The van der Waals surface area contributed by atoms with E-state index in [0.717, 1.165) is 10.8 Å². The Kier molecular flexibility index (Phi) is 3.61. The quantitative estimate of drug-likeness (QED) is 0.939. The summed E-state index contributed by atoms with van der Waals surface area (Å²) in [6.45, 7) is 4.62. The molecule has 0 saturated carbocycles. The van der Waals surface area contributed by atoms with Crippen LogP contribution in [0.5, 0.6) is 0 Å². The third-order valence-corrected chi connectivity index (χ3v) is 3.45. The van der Waals surface area contributed by atoms with Gasteiger partial charge in [0.25, 0.3) is 5.91 Å². The van der Waals surface area contributed by atoms with Gasteiger partial charge in [0, 0.05) is 18.1 Å². The molecular weight excluding hydrogens is 268 g/mol. The molecule has 0 radical (unpaired) electrons. The Morgan fingerprint density at radius 2 is 2.19 bits per heavy atom. The highest BCUT2D eigenvalue weighted by molar-refractivity contribution is 6.05. The molecule has 110 valence electrons. The Hall–Kier alpha value is -1.98. The van der Waals surface area contributed by atoms with Crippen molar-refractivity contribution in [3.63, 3.8) is 0 Å². The molecule has 1 aromatic carbocycles. The Labute approximate surface area is 123 Å². The minimum atomic E-state index is -0.576. The molecule has 2 aromatic rings. The van der Waals surface area contributed by atoms with Gasteiger partial charge in [0.1, 0.15) is 11.8 Å².